The van der Waals surface area contributed by atoms with E-state index in [0.29, 0.717) is 0 Å². The van der Waals surface area contributed by atoms with E-state index in [2.05, 4.69) is 0 Å². The number of carbonyl (C=O) groups is 1. The lowest BCUT2D eigenvalue weighted by molar-refractivity contribution is -0.186. The molecule has 0 fully saturated rings. The van der Waals surface area contributed by atoms with E-state index in [4.69, 9.17) is 4.84 Å². The first-order valence-corrected chi connectivity index (χ1v) is 3.15. The molecular weight excluding hydrogens is 130 g/mol. The van der Waals surface area contributed by atoms with Crippen LogP contribution in [-0.4, -0.2) is 23.6 Å². The Kier molecular flexibility index (Phi) is 1.52. The maximum Gasteiger partial charge on any atom is 0.270 e. The fourth-order valence-electron chi connectivity index (χ4n) is 1.02. The first-order valence-electron chi connectivity index (χ1n) is 3.15. The van der Waals surface area contributed by atoms with Crippen LogP contribution < -0.4 is 0 Å². The fraction of sp³-hybridized carbons (Fsp3) is 0.571. The van der Waals surface area contributed by atoms with Crippen molar-refractivity contribution in [2.24, 2.45) is 0 Å². The Labute approximate surface area is 60.2 Å². The minimum atomic E-state index is -0.286. The van der Waals surface area contributed by atoms with Gasteiger partial charge in [-0.3, -0.25) is 9.63 Å². The molecule has 1 rings (SSSR count). The van der Waals surface area contributed by atoms with E-state index in [9.17, 15) is 4.79 Å². The minimum Gasteiger partial charge on any atom is -0.273 e. The predicted octanol–water partition coefficient (Wildman–Crippen LogP) is 0.725. The van der Waals surface area contributed by atoms with Crippen molar-refractivity contribution in [1.82, 2.24) is 5.06 Å². The van der Waals surface area contributed by atoms with Crippen molar-refractivity contribution in [2.75, 3.05) is 7.11 Å². The van der Waals surface area contributed by atoms with Crippen molar-refractivity contribution in [1.29, 1.82) is 0 Å². The average Bonchev–Trinajstić information content (AvgIpc) is 2.07. The molecule has 0 saturated carbocycles. The summed E-state index contributed by atoms with van der Waals surface area (Å²) in [6.45, 7) is 3.83. The van der Waals surface area contributed by atoms with Crippen molar-refractivity contribution < 1.29 is 9.63 Å². The number of nitrogens with zero attached hydrogens (tertiary/aromatic N) is 1. The number of carbonyl (C=O) groups excluding carboxylic acids is 1. The van der Waals surface area contributed by atoms with Gasteiger partial charge in [0.2, 0.25) is 0 Å². The van der Waals surface area contributed by atoms with Crippen LogP contribution in [0, 0.1) is 0 Å². The molecule has 0 aromatic carbocycles. The highest BCUT2D eigenvalue weighted by molar-refractivity contribution is 5.90. The molecule has 0 saturated heterocycles. The summed E-state index contributed by atoms with van der Waals surface area (Å²) >= 11 is 0. The molecule has 1 amide bonds. The molecule has 0 N–H and O–H groups in total. The summed E-state index contributed by atoms with van der Waals surface area (Å²) in [5.74, 6) is -0.0903. The molecular formula is C7H11NO2. The maximum absolute atomic E-state index is 10.9. The summed E-state index contributed by atoms with van der Waals surface area (Å²) in [5.41, 5.74) is -0.286. The van der Waals surface area contributed by atoms with Gasteiger partial charge in [-0.05, 0) is 13.8 Å². The van der Waals surface area contributed by atoms with E-state index in [1.54, 1.807) is 0 Å². The van der Waals surface area contributed by atoms with Gasteiger partial charge in [-0.15, -0.1) is 0 Å². The molecule has 1 aliphatic heterocycles. The van der Waals surface area contributed by atoms with Crippen LogP contribution in [0.15, 0.2) is 12.2 Å². The van der Waals surface area contributed by atoms with E-state index >= 15 is 0 Å². The highest BCUT2D eigenvalue weighted by atomic mass is 16.7. The summed E-state index contributed by atoms with van der Waals surface area (Å²) in [5, 5.41) is 1.34. The molecule has 0 atom stereocenters. The van der Waals surface area contributed by atoms with E-state index in [1.165, 1.54) is 18.2 Å². The van der Waals surface area contributed by atoms with E-state index < -0.39 is 0 Å². The second-order valence-corrected chi connectivity index (χ2v) is 2.80. The van der Waals surface area contributed by atoms with Crippen molar-refractivity contribution >= 4 is 5.91 Å². The molecule has 1 aliphatic rings. The molecule has 10 heavy (non-hydrogen) atoms. The predicted molar refractivity (Wildman–Crippen MR) is 37.1 cm³/mol. The quantitative estimate of drug-likeness (QED) is 0.538. The van der Waals surface area contributed by atoms with Gasteiger partial charge in [0.25, 0.3) is 5.91 Å². The Balaban J connectivity index is 2.82. The van der Waals surface area contributed by atoms with Crippen LogP contribution in [0.1, 0.15) is 13.8 Å². The highest BCUT2D eigenvalue weighted by Crippen LogP contribution is 2.21. The average molecular weight is 141 g/mol. The highest BCUT2D eigenvalue weighted by Gasteiger charge is 2.32. The molecule has 0 aromatic heterocycles. The molecule has 3 heteroatoms. The Morgan fingerprint density at radius 1 is 1.60 bits per heavy atom. The maximum atomic E-state index is 10.9. The number of rotatable bonds is 1. The third-order valence-electron chi connectivity index (χ3n) is 1.54. The minimum absolute atomic E-state index is 0.0903. The van der Waals surface area contributed by atoms with E-state index in [-0.39, 0.29) is 11.4 Å². The molecule has 1 heterocycles. The second kappa shape index (κ2) is 2.09. The number of hydroxylamine groups is 2. The molecule has 0 aromatic rings. The van der Waals surface area contributed by atoms with Gasteiger partial charge in [0, 0.05) is 6.08 Å². The number of hydrogen-bond acceptors (Lipinski definition) is 2. The summed E-state index contributed by atoms with van der Waals surface area (Å²) in [7, 11) is 1.49. The van der Waals surface area contributed by atoms with Crippen molar-refractivity contribution in [3.63, 3.8) is 0 Å². The van der Waals surface area contributed by atoms with Crippen molar-refractivity contribution in [3.05, 3.63) is 12.2 Å². The van der Waals surface area contributed by atoms with Gasteiger partial charge in [0.05, 0.1) is 12.6 Å². The monoisotopic (exact) mass is 141 g/mol. The van der Waals surface area contributed by atoms with Crippen LogP contribution in [0.4, 0.5) is 0 Å². The SMILES string of the molecule is CON1C(=O)C=CC1(C)C. The van der Waals surface area contributed by atoms with Crippen molar-refractivity contribution in [3.8, 4) is 0 Å². The lowest BCUT2D eigenvalue weighted by Gasteiger charge is -2.27. The van der Waals surface area contributed by atoms with Gasteiger partial charge in [-0.2, -0.15) is 0 Å². The Hall–Kier alpha value is -0.830. The zero-order valence-electron chi connectivity index (χ0n) is 6.42. The number of amides is 1. The molecule has 3 nitrogen and oxygen atoms in total. The normalized spacial score (nSPS) is 22.3. The standard InChI is InChI=1S/C7H11NO2/c1-7(2)5-4-6(9)8(7)10-3/h4-5H,1-3H3. The van der Waals surface area contributed by atoms with Crippen LogP contribution in [0.5, 0.6) is 0 Å². The van der Waals surface area contributed by atoms with Gasteiger partial charge in [-0.1, -0.05) is 6.08 Å². The van der Waals surface area contributed by atoms with E-state index in [1.807, 2.05) is 19.9 Å². The molecule has 0 aliphatic carbocycles. The van der Waals surface area contributed by atoms with Crippen LogP contribution in [0.2, 0.25) is 0 Å². The lowest BCUT2D eigenvalue weighted by atomic mass is 10.1. The third kappa shape index (κ3) is 0.926. The van der Waals surface area contributed by atoms with Crippen LogP contribution in [0.25, 0.3) is 0 Å². The second-order valence-electron chi connectivity index (χ2n) is 2.80. The van der Waals surface area contributed by atoms with Gasteiger partial charge in [-0.25, -0.2) is 5.06 Å². The third-order valence-corrected chi connectivity index (χ3v) is 1.54. The molecule has 0 spiro atoms. The summed E-state index contributed by atoms with van der Waals surface area (Å²) in [6.07, 6.45) is 3.34. The first-order chi connectivity index (χ1) is 4.58. The summed E-state index contributed by atoms with van der Waals surface area (Å²) in [6, 6.07) is 0. The molecule has 0 unspecified atom stereocenters. The zero-order valence-corrected chi connectivity index (χ0v) is 6.42. The van der Waals surface area contributed by atoms with E-state index in [0.717, 1.165) is 0 Å². The summed E-state index contributed by atoms with van der Waals surface area (Å²) < 4.78 is 0. The largest absolute Gasteiger partial charge is 0.273 e. The molecule has 56 valence electrons. The van der Waals surface area contributed by atoms with Gasteiger partial charge >= 0.3 is 0 Å². The van der Waals surface area contributed by atoms with Crippen LogP contribution >= 0.6 is 0 Å². The topological polar surface area (TPSA) is 29.5 Å². The van der Waals surface area contributed by atoms with Crippen LogP contribution in [-0.2, 0) is 9.63 Å². The van der Waals surface area contributed by atoms with Gasteiger partial charge in [0.15, 0.2) is 0 Å². The Bertz CT molecular complexity index is 184. The summed E-state index contributed by atoms with van der Waals surface area (Å²) in [4.78, 5) is 15.8. The zero-order chi connectivity index (χ0) is 7.78. The smallest absolute Gasteiger partial charge is 0.270 e. The van der Waals surface area contributed by atoms with Gasteiger partial charge < -0.3 is 0 Å². The molecule has 0 bridgehead atoms. The number of hydrogen-bond donors (Lipinski definition) is 0. The van der Waals surface area contributed by atoms with Gasteiger partial charge in [0.1, 0.15) is 0 Å². The van der Waals surface area contributed by atoms with Crippen LogP contribution in [0.3, 0.4) is 0 Å². The lowest BCUT2D eigenvalue weighted by Crippen LogP contribution is -2.40. The Morgan fingerprint density at radius 3 is 2.40 bits per heavy atom. The fourth-order valence-corrected chi connectivity index (χ4v) is 1.02. The van der Waals surface area contributed by atoms with Crippen molar-refractivity contribution in [2.45, 2.75) is 19.4 Å². The first kappa shape index (κ1) is 7.28. The Morgan fingerprint density at radius 2 is 2.20 bits per heavy atom. The molecule has 0 radical (unpaired) electrons.